The number of rotatable bonds is 2. The summed E-state index contributed by atoms with van der Waals surface area (Å²) in [7, 11) is 0. The van der Waals surface area contributed by atoms with E-state index in [1.54, 1.807) is 0 Å². The predicted molar refractivity (Wildman–Crippen MR) is 47.7 cm³/mol. The van der Waals surface area contributed by atoms with Crippen LogP contribution in [0.1, 0.15) is 46.5 Å². The van der Waals surface area contributed by atoms with Crippen LogP contribution >= 0.6 is 0 Å². The van der Waals surface area contributed by atoms with Crippen LogP contribution in [0.4, 0.5) is 0 Å². The van der Waals surface area contributed by atoms with Crippen LogP contribution in [-0.2, 0) is 4.74 Å². The van der Waals surface area contributed by atoms with Gasteiger partial charge >= 0.3 is 0 Å². The molecule has 1 fully saturated rings. The summed E-state index contributed by atoms with van der Waals surface area (Å²) in [6, 6.07) is 0. The van der Waals surface area contributed by atoms with Crippen molar-refractivity contribution in [1.82, 2.24) is 0 Å². The molecule has 1 heteroatoms. The first kappa shape index (κ1) is 9.05. The molecule has 1 aliphatic rings. The Morgan fingerprint density at radius 3 is 2.36 bits per heavy atom. The molecule has 0 saturated carbocycles. The molecule has 0 aromatic heterocycles. The van der Waals surface area contributed by atoms with Gasteiger partial charge in [0.15, 0.2) is 0 Å². The zero-order chi connectivity index (χ0) is 8.32. The number of hydrogen-bond acceptors (Lipinski definition) is 1. The fourth-order valence-corrected chi connectivity index (χ4v) is 1.79. The highest BCUT2D eigenvalue weighted by Crippen LogP contribution is 2.36. The van der Waals surface area contributed by atoms with Crippen LogP contribution < -0.4 is 0 Å². The SMILES string of the molecule is CCC1(CC)CCC(C)OC1. The monoisotopic (exact) mass is 156 g/mol. The molecule has 1 atom stereocenters. The second-order valence-electron chi connectivity index (χ2n) is 3.87. The fourth-order valence-electron chi connectivity index (χ4n) is 1.79. The van der Waals surface area contributed by atoms with Crippen LogP contribution in [0.3, 0.4) is 0 Å². The molecule has 0 radical (unpaired) electrons. The quantitative estimate of drug-likeness (QED) is 0.597. The molecule has 11 heavy (non-hydrogen) atoms. The van der Waals surface area contributed by atoms with E-state index in [1.807, 2.05) is 0 Å². The normalized spacial score (nSPS) is 30.3. The zero-order valence-corrected chi connectivity index (χ0v) is 8.02. The third kappa shape index (κ3) is 1.96. The molecule has 0 aromatic carbocycles. The van der Waals surface area contributed by atoms with Crippen molar-refractivity contribution in [2.24, 2.45) is 5.41 Å². The van der Waals surface area contributed by atoms with E-state index in [-0.39, 0.29) is 0 Å². The summed E-state index contributed by atoms with van der Waals surface area (Å²) in [6.07, 6.45) is 5.66. The Kier molecular flexibility index (Phi) is 2.94. The third-order valence-corrected chi connectivity index (χ3v) is 3.26. The second-order valence-corrected chi connectivity index (χ2v) is 3.87. The summed E-state index contributed by atoms with van der Waals surface area (Å²) in [6.45, 7) is 7.72. The van der Waals surface area contributed by atoms with Gasteiger partial charge in [-0.1, -0.05) is 13.8 Å². The van der Waals surface area contributed by atoms with Crippen molar-refractivity contribution in [2.45, 2.75) is 52.6 Å². The van der Waals surface area contributed by atoms with Crippen molar-refractivity contribution in [1.29, 1.82) is 0 Å². The fraction of sp³-hybridized carbons (Fsp3) is 1.00. The predicted octanol–water partition coefficient (Wildman–Crippen LogP) is 2.99. The maximum Gasteiger partial charge on any atom is 0.0547 e. The molecule has 1 aliphatic heterocycles. The molecule has 0 bridgehead atoms. The first-order valence-corrected chi connectivity index (χ1v) is 4.84. The van der Waals surface area contributed by atoms with Crippen LogP contribution in [0.5, 0.6) is 0 Å². The van der Waals surface area contributed by atoms with Gasteiger partial charge in [-0.2, -0.15) is 0 Å². The maximum atomic E-state index is 5.68. The average molecular weight is 156 g/mol. The highest BCUT2D eigenvalue weighted by Gasteiger charge is 2.31. The van der Waals surface area contributed by atoms with Gasteiger partial charge < -0.3 is 4.74 Å². The van der Waals surface area contributed by atoms with Crippen LogP contribution in [0.15, 0.2) is 0 Å². The lowest BCUT2D eigenvalue weighted by Gasteiger charge is -2.38. The molecule has 0 aliphatic carbocycles. The van der Waals surface area contributed by atoms with Gasteiger partial charge in [-0.3, -0.25) is 0 Å². The first-order chi connectivity index (χ1) is 5.22. The maximum absolute atomic E-state index is 5.68. The Hall–Kier alpha value is -0.0400. The molecule has 0 aromatic rings. The van der Waals surface area contributed by atoms with Gasteiger partial charge in [-0.25, -0.2) is 0 Å². The Morgan fingerprint density at radius 1 is 1.36 bits per heavy atom. The molecule has 1 rings (SSSR count). The number of ether oxygens (including phenoxy) is 1. The molecule has 1 heterocycles. The lowest BCUT2D eigenvalue weighted by molar-refractivity contribution is -0.0577. The molecule has 0 amide bonds. The molecule has 1 nitrogen and oxygen atoms in total. The molecular formula is C10H20O. The van der Waals surface area contributed by atoms with Crippen LogP contribution in [0, 0.1) is 5.41 Å². The van der Waals surface area contributed by atoms with E-state index >= 15 is 0 Å². The first-order valence-electron chi connectivity index (χ1n) is 4.84. The molecule has 0 N–H and O–H groups in total. The minimum atomic E-state index is 0.501. The van der Waals surface area contributed by atoms with E-state index in [2.05, 4.69) is 20.8 Å². The van der Waals surface area contributed by atoms with E-state index in [4.69, 9.17) is 4.74 Å². The Bertz CT molecular complexity index is 106. The van der Waals surface area contributed by atoms with Crippen molar-refractivity contribution in [3.8, 4) is 0 Å². The summed E-state index contributed by atoms with van der Waals surface area (Å²) < 4.78 is 5.68. The van der Waals surface area contributed by atoms with Gasteiger partial charge in [0.25, 0.3) is 0 Å². The van der Waals surface area contributed by atoms with Gasteiger partial charge in [0, 0.05) is 0 Å². The van der Waals surface area contributed by atoms with Gasteiger partial charge in [0.2, 0.25) is 0 Å². The zero-order valence-electron chi connectivity index (χ0n) is 8.02. The van der Waals surface area contributed by atoms with Gasteiger partial charge in [0.05, 0.1) is 12.7 Å². The second kappa shape index (κ2) is 3.57. The summed E-state index contributed by atoms with van der Waals surface area (Å²) in [5.74, 6) is 0. The standard InChI is InChI=1S/C10H20O/c1-4-10(5-2)7-6-9(3)11-8-10/h9H,4-8H2,1-3H3. The summed E-state index contributed by atoms with van der Waals surface area (Å²) in [4.78, 5) is 0. The average Bonchev–Trinajstić information content (AvgIpc) is 2.07. The molecule has 1 unspecified atom stereocenters. The van der Waals surface area contributed by atoms with Crippen molar-refractivity contribution < 1.29 is 4.74 Å². The minimum absolute atomic E-state index is 0.501. The van der Waals surface area contributed by atoms with Crippen molar-refractivity contribution in [3.05, 3.63) is 0 Å². The van der Waals surface area contributed by atoms with E-state index in [0.717, 1.165) is 6.61 Å². The molecular weight excluding hydrogens is 136 g/mol. The molecule has 1 saturated heterocycles. The number of hydrogen-bond donors (Lipinski definition) is 0. The van der Waals surface area contributed by atoms with Crippen molar-refractivity contribution in [2.75, 3.05) is 6.61 Å². The minimum Gasteiger partial charge on any atom is -0.378 e. The Labute approximate surface area is 70.1 Å². The molecule has 66 valence electrons. The Morgan fingerprint density at radius 2 is 2.00 bits per heavy atom. The highest BCUT2D eigenvalue weighted by atomic mass is 16.5. The van der Waals surface area contributed by atoms with E-state index in [1.165, 1.54) is 25.7 Å². The van der Waals surface area contributed by atoms with Gasteiger partial charge in [-0.05, 0) is 38.0 Å². The smallest absolute Gasteiger partial charge is 0.0547 e. The van der Waals surface area contributed by atoms with Crippen LogP contribution in [0.25, 0.3) is 0 Å². The summed E-state index contributed by atoms with van der Waals surface area (Å²) >= 11 is 0. The lowest BCUT2D eigenvalue weighted by Crippen LogP contribution is -2.33. The van der Waals surface area contributed by atoms with E-state index in [0.29, 0.717) is 11.5 Å². The lowest BCUT2D eigenvalue weighted by atomic mass is 9.77. The topological polar surface area (TPSA) is 9.23 Å². The van der Waals surface area contributed by atoms with Gasteiger partial charge in [0.1, 0.15) is 0 Å². The van der Waals surface area contributed by atoms with Crippen LogP contribution in [0.2, 0.25) is 0 Å². The van der Waals surface area contributed by atoms with E-state index in [9.17, 15) is 0 Å². The van der Waals surface area contributed by atoms with Crippen molar-refractivity contribution >= 4 is 0 Å². The highest BCUT2D eigenvalue weighted by molar-refractivity contribution is 4.80. The van der Waals surface area contributed by atoms with Crippen LogP contribution in [-0.4, -0.2) is 12.7 Å². The largest absolute Gasteiger partial charge is 0.378 e. The molecule has 0 spiro atoms. The summed E-state index contributed by atoms with van der Waals surface area (Å²) in [5, 5.41) is 0. The van der Waals surface area contributed by atoms with E-state index < -0.39 is 0 Å². The summed E-state index contributed by atoms with van der Waals surface area (Å²) in [5.41, 5.74) is 0.520. The Balaban J connectivity index is 2.45. The third-order valence-electron chi connectivity index (χ3n) is 3.26. The van der Waals surface area contributed by atoms with Crippen molar-refractivity contribution in [3.63, 3.8) is 0 Å². The van der Waals surface area contributed by atoms with Gasteiger partial charge in [-0.15, -0.1) is 0 Å².